The highest BCUT2D eigenvalue weighted by molar-refractivity contribution is 5.28. The maximum absolute atomic E-state index is 3.73. The van der Waals surface area contributed by atoms with Crippen molar-refractivity contribution in [2.75, 3.05) is 26.7 Å². The highest BCUT2D eigenvalue weighted by Crippen LogP contribution is 2.38. The second kappa shape index (κ2) is 7.95. The molecule has 0 radical (unpaired) electrons. The summed E-state index contributed by atoms with van der Waals surface area (Å²) in [6.45, 7) is 10.4. The maximum Gasteiger partial charge on any atom is 0.0335 e. The zero-order chi connectivity index (χ0) is 15.2. The molecule has 1 aliphatic rings. The molecule has 3 atom stereocenters. The lowest BCUT2D eigenvalue weighted by Gasteiger charge is -2.24. The average Bonchev–Trinajstić information content (AvgIpc) is 3.15. The second-order valence-corrected chi connectivity index (χ2v) is 6.89. The Bertz CT molecular complexity index is 429. The molecule has 3 unspecified atom stereocenters. The van der Waals surface area contributed by atoms with Crippen LogP contribution in [0.1, 0.15) is 50.3 Å². The molecule has 1 aliphatic carbocycles. The Morgan fingerprint density at radius 2 is 2.05 bits per heavy atom. The molecule has 1 fully saturated rings. The van der Waals surface area contributed by atoms with Crippen molar-refractivity contribution < 1.29 is 0 Å². The van der Waals surface area contributed by atoms with Crippen molar-refractivity contribution in [3.8, 4) is 0 Å². The zero-order valence-corrected chi connectivity index (χ0v) is 14.2. The summed E-state index contributed by atoms with van der Waals surface area (Å²) in [6, 6.07) is 9.30. The van der Waals surface area contributed by atoms with Gasteiger partial charge in [0, 0.05) is 12.6 Å². The van der Waals surface area contributed by atoms with Crippen LogP contribution in [0.5, 0.6) is 0 Å². The average molecular weight is 288 g/mol. The highest BCUT2D eigenvalue weighted by atomic mass is 15.1. The molecule has 1 aromatic carbocycles. The molecule has 118 valence electrons. The van der Waals surface area contributed by atoms with Crippen LogP contribution in [0.4, 0.5) is 0 Å². The molecule has 1 aromatic rings. The SMILES string of the molecule is CCCNC(CCN(C)CC1CC1C)c1ccccc1C. The van der Waals surface area contributed by atoms with Crippen LogP contribution in [0.2, 0.25) is 0 Å². The molecule has 0 aliphatic heterocycles. The van der Waals surface area contributed by atoms with E-state index in [-0.39, 0.29) is 0 Å². The molecule has 1 N–H and O–H groups in total. The first kappa shape index (κ1) is 16.5. The summed E-state index contributed by atoms with van der Waals surface area (Å²) >= 11 is 0. The number of aryl methyl sites for hydroxylation is 1. The Kier molecular flexibility index (Phi) is 6.25. The van der Waals surface area contributed by atoms with Gasteiger partial charge in [-0.1, -0.05) is 38.1 Å². The molecular weight excluding hydrogens is 256 g/mol. The van der Waals surface area contributed by atoms with E-state index in [2.05, 4.69) is 62.3 Å². The maximum atomic E-state index is 3.73. The van der Waals surface area contributed by atoms with Crippen molar-refractivity contribution in [2.24, 2.45) is 11.8 Å². The van der Waals surface area contributed by atoms with E-state index in [9.17, 15) is 0 Å². The fourth-order valence-corrected chi connectivity index (χ4v) is 3.16. The van der Waals surface area contributed by atoms with Crippen LogP contribution in [0, 0.1) is 18.8 Å². The monoisotopic (exact) mass is 288 g/mol. The Hall–Kier alpha value is -0.860. The van der Waals surface area contributed by atoms with E-state index >= 15 is 0 Å². The van der Waals surface area contributed by atoms with Crippen molar-refractivity contribution in [3.63, 3.8) is 0 Å². The minimum atomic E-state index is 0.491. The van der Waals surface area contributed by atoms with Crippen LogP contribution in [-0.2, 0) is 0 Å². The first-order chi connectivity index (χ1) is 10.1. The Morgan fingerprint density at radius 3 is 2.67 bits per heavy atom. The number of benzene rings is 1. The first-order valence-electron chi connectivity index (χ1n) is 8.59. The predicted octanol–water partition coefficient (Wildman–Crippen LogP) is 4.01. The summed E-state index contributed by atoms with van der Waals surface area (Å²) in [7, 11) is 2.28. The Balaban J connectivity index is 1.88. The number of nitrogens with one attached hydrogen (secondary N) is 1. The van der Waals surface area contributed by atoms with E-state index < -0.39 is 0 Å². The summed E-state index contributed by atoms with van der Waals surface area (Å²) in [5.74, 6) is 1.91. The number of rotatable bonds is 9. The summed E-state index contributed by atoms with van der Waals surface area (Å²) in [6.07, 6.45) is 3.82. The molecule has 2 rings (SSSR count). The van der Waals surface area contributed by atoms with Crippen molar-refractivity contribution in [1.29, 1.82) is 0 Å². The molecule has 2 heteroatoms. The molecule has 0 heterocycles. The third-order valence-corrected chi connectivity index (χ3v) is 4.83. The van der Waals surface area contributed by atoms with Crippen LogP contribution in [0.25, 0.3) is 0 Å². The normalized spacial score (nSPS) is 22.5. The highest BCUT2D eigenvalue weighted by Gasteiger charge is 2.33. The topological polar surface area (TPSA) is 15.3 Å². The largest absolute Gasteiger partial charge is 0.310 e. The third-order valence-electron chi connectivity index (χ3n) is 4.83. The molecular formula is C19H32N2. The molecule has 0 bridgehead atoms. The van der Waals surface area contributed by atoms with Gasteiger partial charge in [-0.3, -0.25) is 0 Å². The minimum absolute atomic E-state index is 0.491. The molecule has 0 spiro atoms. The fraction of sp³-hybridized carbons (Fsp3) is 0.684. The summed E-state index contributed by atoms with van der Waals surface area (Å²) < 4.78 is 0. The van der Waals surface area contributed by atoms with E-state index in [0.717, 1.165) is 18.4 Å². The summed E-state index contributed by atoms with van der Waals surface area (Å²) in [5.41, 5.74) is 2.88. The lowest BCUT2D eigenvalue weighted by Crippen LogP contribution is -2.29. The molecule has 1 saturated carbocycles. The molecule has 0 aromatic heterocycles. The molecule has 0 amide bonds. The van der Waals surface area contributed by atoms with E-state index in [0.29, 0.717) is 6.04 Å². The van der Waals surface area contributed by atoms with Crippen LogP contribution in [0.15, 0.2) is 24.3 Å². The number of nitrogens with zero attached hydrogens (tertiary/aromatic N) is 1. The van der Waals surface area contributed by atoms with Gasteiger partial charge in [0.2, 0.25) is 0 Å². The Labute approximate surface area is 130 Å². The van der Waals surface area contributed by atoms with E-state index in [1.54, 1.807) is 0 Å². The van der Waals surface area contributed by atoms with E-state index in [1.807, 2.05) is 0 Å². The van der Waals surface area contributed by atoms with Gasteiger partial charge in [0.05, 0.1) is 0 Å². The smallest absolute Gasteiger partial charge is 0.0335 e. The lowest BCUT2D eigenvalue weighted by molar-refractivity contribution is 0.292. The van der Waals surface area contributed by atoms with Crippen LogP contribution >= 0.6 is 0 Å². The van der Waals surface area contributed by atoms with Gasteiger partial charge in [0.15, 0.2) is 0 Å². The second-order valence-electron chi connectivity index (χ2n) is 6.89. The lowest BCUT2D eigenvalue weighted by atomic mass is 9.98. The van der Waals surface area contributed by atoms with Gasteiger partial charge < -0.3 is 10.2 Å². The first-order valence-corrected chi connectivity index (χ1v) is 8.59. The van der Waals surface area contributed by atoms with Gasteiger partial charge in [0.1, 0.15) is 0 Å². The van der Waals surface area contributed by atoms with Crippen molar-refractivity contribution in [1.82, 2.24) is 10.2 Å². The van der Waals surface area contributed by atoms with Gasteiger partial charge in [-0.2, -0.15) is 0 Å². The minimum Gasteiger partial charge on any atom is -0.310 e. The third kappa shape index (κ3) is 5.12. The molecule has 0 saturated heterocycles. The quantitative estimate of drug-likeness (QED) is 0.738. The van der Waals surface area contributed by atoms with Gasteiger partial charge in [-0.15, -0.1) is 0 Å². The van der Waals surface area contributed by atoms with Gasteiger partial charge in [-0.05, 0) is 69.3 Å². The number of hydrogen-bond donors (Lipinski definition) is 1. The van der Waals surface area contributed by atoms with Gasteiger partial charge in [0.25, 0.3) is 0 Å². The van der Waals surface area contributed by atoms with Crippen LogP contribution in [0.3, 0.4) is 0 Å². The van der Waals surface area contributed by atoms with Crippen molar-refractivity contribution in [2.45, 2.75) is 46.1 Å². The standard InChI is InChI=1S/C19H32N2/c1-5-11-20-19(18-9-7-6-8-15(18)2)10-12-21(4)14-17-13-16(17)3/h6-9,16-17,19-20H,5,10-14H2,1-4H3. The Morgan fingerprint density at radius 1 is 1.33 bits per heavy atom. The summed E-state index contributed by atoms with van der Waals surface area (Å²) in [4.78, 5) is 2.52. The molecule has 2 nitrogen and oxygen atoms in total. The van der Waals surface area contributed by atoms with Crippen LogP contribution < -0.4 is 5.32 Å². The predicted molar refractivity (Wildman–Crippen MR) is 91.6 cm³/mol. The zero-order valence-electron chi connectivity index (χ0n) is 14.2. The fourth-order valence-electron chi connectivity index (χ4n) is 3.16. The van der Waals surface area contributed by atoms with E-state index in [4.69, 9.17) is 0 Å². The summed E-state index contributed by atoms with van der Waals surface area (Å²) in [5, 5.41) is 3.73. The van der Waals surface area contributed by atoms with Gasteiger partial charge in [-0.25, -0.2) is 0 Å². The van der Waals surface area contributed by atoms with Crippen LogP contribution in [-0.4, -0.2) is 31.6 Å². The van der Waals surface area contributed by atoms with E-state index in [1.165, 1.54) is 43.5 Å². The van der Waals surface area contributed by atoms with Crippen molar-refractivity contribution in [3.05, 3.63) is 35.4 Å². The molecule has 21 heavy (non-hydrogen) atoms. The van der Waals surface area contributed by atoms with Crippen molar-refractivity contribution >= 4 is 0 Å². The number of hydrogen-bond acceptors (Lipinski definition) is 2. The van der Waals surface area contributed by atoms with Gasteiger partial charge >= 0.3 is 0 Å².